The smallest absolute Gasteiger partial charge is 0.0634 e. The van der Waals surface area contributed by atoms with Crippen molar-refractivity contribution < 1.29 is 0 Å². The van der Waals surface area contributed by atoms with Gasteiger partial charge in [0.2, 0.25) is 0 Å². The summed E-state index contributed by atoms with van der Waals surface area (Å²) in [5, 5.41) is 5.44. The third-order valence-electron chi connectivity index (χ3n) is 3.50. The standard InChI is InChI=1S/C17H18N4/c1-21(2)14-5-3-4-13(10-14)20-16-7-6-12-11-19-9-8-15(12)17(16)18/h3-11,20H,18H2,1-2H3. The quantitative estimate of drug-likeness (QED) is 0.718. The lowest BCUT2D eigenvalue weighted by Crippen LogP contribution is -2.08. The molecule has 0 radical (unpaired) electrons. The lowest BCUT2D eigenvalue weighted by molar-refractivity contribution is 1.13. The van der Waals surface area contributed by atoms with Gasteiger partial charge in [-0.3, -0.25) is 4.98 Å². The molecule has 0 bridgehead atoms. The SMILES string of the molecule is CN(C)c1cccc(Nc2ccc3cnccc3c2N)c1. The molecule has 1 aromatic heterocycles. The Balaban J connectivity index is 1.98. The van der Waals surface area contributed by atoms with Crippen LogP contribution in [0.5, 0.6) is 0 Å². The van der Waals surface area contributed by atoms with Crippen molar-refractivity contribution in [3.63, 3.8) is 0 Å². The molecule has 0 aliphatic rings. The van der Waals surface area contributed by atoms with E-state index in [0.717, 1.165) is 33.5 Å². The van der Waals surface area contributed by atoms with Crippen molar-refractivity contribution in [1.29, 1.82) is 0 Å². The van der Waals surface area contributed by atoms with Crippen LogP contribution in [0.25, 0.3) is 10.8 Å². The van der Waals surface area contributed by atoms with Crippen molar-refractivity contribution in [2.45, 2.75) is 0 Å². The first-order chi connectivity index (χ1) is 10.1. The van der Waals surface area contributed by atoms with E-state index in [9.17, 15) is 0 Å². The highest BCUT2D eigenvalue weighted by Gasteiger charge is 2.05. The molecular formula is C17H18N4. The minimum atomic E-state index is 0.741. The Hall–Kier alpha value is -2.75. The van der Waals surface area contributed by atoms with Crippen molar-refractivity contribution in [3.05, 3.63) is 54.9 Å². The number of nitrogens with two attached hydrogens (primary N) is 1. The molecule has 0 fully saturated rings. The molecule has 3 rings (SSSR count). The van der Waals surface area contributed by atoms with E-state index < -0.39 is 0 Å². The first-order valence-electron chi connectivity index (χ1n) is 6.82. The van der Waals surface area contributed by atoms with Crippen molar-refractivity contribution in [3.8, 4) is 0 Å². The van der Waals surface area contributed by atoms with Crippen LogP contribution in [0.1, 0.15) is 0 Å². The zero-order valence-corrected chi connectivity index (χ0v) is 12.2. The second-order valence-electron chi connectivity index (χ2n) is 5.19. The van der Waals surface area contributed by atoms with Crippen LogP contribution in [0, 0.1) is 0 Å². The molecule has 4 heteroatoms. The highest BCUT2D eigenvalue weighted by molar-refractivity contribution is 5.99. The second kappa shape index (κ2) is 5.32. The molecule has 0 amide bonds. The number of rotatable bonds is 3. The highest BCUT2D eigenvalue weighted by atomic mass is 15.1. The summed E-state index contributed by atoms with van der Waals surface area (Å²) in [6.45, 7) is 0. The summed E-state index contributed by atoms with van der Waals surface area (Å²) < 4.78 is 0. The summed E-state index contributed by atoms with van der Waals surface area (Å²) >= 11 is 0. The fraction of sp³-hybridized carbons (Fsp3) is 0.118. The van der Waals surface area contributed by atoms with Crippen molar-refractivity contribution in [2.24, 2.45) is 0 Å². The molecule has 4 nitrogen and oxygen atoms in total. The third kappa shape index (κ3) is 2.60. The first kappa shape index (κ1) is 13.2. The summed E-state index contributed by atoms with van der Waals surface area (Å²) in [4.78, 5) is 6.19. The summed E-state index contributed by atoms with van der Waals surface area (Å²) in [6, 6.07) is 14.2. The van der Waals surface area contributed by atoms with E-state index in [0.29, 0.717) is 0 Å². The number of nitrogen functional groups attached to an aromatic ring is 1. The molecule has 0 aliphatic heterocycles. The Morgan fingerprint density at radius 3 is 2.76 bits per heavy atom. The number of benzene rings is 2. The molecule has 2 aromatic carbocycles. The molecule has 106 valence electrons. The minimum Gasteiger partial charge on any atom is -0.397 e. The van der Waals surface area contributed by atoms with Crippen molar-refractivity contribution in [1.82, 2.24) is 4.98 Å². The topological polar surface area (TPSA) is 54.2 Å². The van der Waals surface area contributed by atoms with Gasteiger partial charge in [0, 0.05) is 48.6 Å². The molecule has 3 N–H and O–H groups in total. The Morgan fingerprint density at radius 2 is 1.95 bits per heavy atom. The number of nitrogens with one attached hydrogen (secondary N) is 1. The van der Waals surface area contributed by atoms with Gasteiger partial charge in [0.05, 0.1) is 11.4 Å². The fourth-order valence-corrected chi connectivity index (χ4v) is 2.32. The van der Waals surface area contributed by atoms with Gasteiger partial charge in [-0.15, -0.1) is 0 Å². The first-order valence-corrected chi connectivity index (χ1v) is 6.82. The fourth-order valence-electron chi connectivity index (χ4n) is 2.32. The number of aromatic nitrogens is 1. The number of hydrogen-bond acceptors (Lipinski definition) is 4. The predicted octanol–water partition coefficient (Wildman–Crippen LogP) is 3.63. The number of nitrogens with zero attached hydrogens (tertiary/aromatic N) is 2. The summed E-state index contributed by atoms with van der Waals surface area (Å²) in [6.07, 6.45) is 3.58. The average Bonchev–Trinajstić information content (AvgIpc) is 2.51. The van der Waals surface area contributed by atoms with Gasteiger partial charge in [0.1, 0.15) is 0 Å². The number of hydrogen-bond donors (Lipinski definition) is 2. The number of anilines is 4. The molecule has 3 aromatic rings. The van der Waals surface area contributed by atoms with E-state index in [2.05, 4.69) is 27.3 Å². The Bertz CT molecular complexity index is 781. The maximum atomic E-state index is 6.26. The lowest BCUT2D eigenvalue weighted by Gasteiger charge is -2.16. The van der Waals surface area contributed by atoms with Gasteiger partial charge in [-0.2, -0.15) is 0 Å². The average molecular weight is 278 g/mol. The van der Waals surface area contributed by atoms with Crippen LogP contribution in [0.15, 0.2) is 54.9 Å². The normalized spacial score (nSPS) is 10.6. The van der Waals surface area contributed by atoms with Gasteiger partial charge < -0.3 is 16.0 Å². The third-order valence-corrected chi connectivity index (χ3v) is 3.50. The Labute approximate surface area is 124 Å². The maximum absolute atomic E-state index is 6.26. The highest BCUT2D eigenvalue weighted by Crippen LogP contribution is 2.31. The van der Waals surface area contributed by atoms with E-state index in [1.165, 1.54) is 0 Å². The number of pyridine rings is 1. The monoisotopic (exact) mass is 278 g/mol. The van der Waals surface area contributed by atoms with Crippen LogP contribution in [-0.2, 0) is 0 Å². The van der Waals surface area contributed by atoms with Crippen LogP contribution in [-0.4, -0.2) is 19.1 Å². The predicted molar refractivity (Wildman–Crippen MR) is 90.2 cm³/mol. The van der Waals surface area contributed by atoms with Crippen LogP contribution < -0.4 is 16.0 Å². The summed E-state index contributed by atoms with van der Waals surface area (Å²) in [5.74, 6) is 0. The summed E-state index contributed by atoms with van der Waals surface area (Å²) in [5.41, 5.74) is 10.1. The van der Waals surface area contributed by atoms with Crippen LogP contribution in [0.2, 0.25) is 0 Å². The van der Waals surface area contributed by atoms with E-state index in [-0.39, 0.29) is 0 Å². The largest absolute Gasteiger partial charge is 0.397 e. The van der Waals surface area contributed by atoms with E-state index in [1.54, 1.807) is 6.20 Å². The van der Waals surface area contributed by atoms with Gasteiger partial charge in [0.25, 0.3) is 0 Å². The van der Waals surface area contributed by atoms with Gasteiger partial charge >= 0.3 is 0 Å². The zero-order valence-electron chi connectivity index (χ0n) is 12.2. The van der Waals surface area contributed by atoms with Crippen LogP contribution >= 0.6 is 0 Å². The van der Waals surface area contributed by atoms with Crippen molar-refractivity contribution in [2.75, 3.05) is 30.0 Å². The molecule has 0 spiro atoms. The Morgan fingerprint density at radius 1 is 1.10 bits per heavy atom. The molecule has 0 saturated carbocycles. The van der Waals surface area contributed by atoms with Gasteiger partial charge in [-0.1, -0.05) is 12.1 Å². The van der Waals surface area contributed by atoms with Gasteiger partial charge in [0.15, 0.2) is 0 Å². The molecule has 0 saturated heterocycles. The van der Waals surface area contributed by atoms with Crippen LogP contribution in [0.4, 0.5) is 22.7 Å². The Kier molecular flexibility index (Phi) is 3.36. The number of fused-ring (bicyclic) bond motifs is 1. The van der Waals surface area contributed by atoms with Crippen LogP contribution in [0.3, 0.4) is 0 Å². The molecule has 0 atom stereocenters. The molecular weight excluding hydrogens is 260 g/mol. The minimum absolute atomic E-state index is 0.741. The maximum Gasteiger partial charge on any atom is 0.0634 e. The van der Waals surface area contributed by atoms with Crippen molar-refractivity contribution >= 4 is 33.5 Å². The molecule has 0 aliphatic carbocycles. The summed E-state index contributed by atoms with van der Waals surface area (Å²) in [7, 11) is 4.05. The molecule has 21 heavy (non-hydrogen) atoms. The van der Waals surface area contributed by atoms with E-state index in [4.69, 9.17) is 5.73 Å². The zero-order chi connectivity index (χ0) is 14.8. The second-order valence-corrected chi connectivity index (χ2v) is 5.19. The van der Waals surface area contributed by atoms with E-state index in [1.807, 2.05) is 50.6 Å². The van der Waals surface area contributed by atoms with E-state index >= 15 is 0 Å². The lowest BCUT2D eigenvalue weighted by atomic mass is 10.1. The van der Waals surface area contributed by atoms with Gasteiger partial charge in [-0.25, -0.2) is 0 Å². The molecule has 0 unspecified atom stereocenters. The molecule has 1 heterocycles. The van der Waals surface area contributed by atoms with Gasteiger partial charge in [-0.05, 0) is 30.3 Å².